The molecule has 2 heterocycles. The van der Waals surface area contributed by atoms with Gasteiger partial charge in [0, 0.05) is 5.39 Å². The van der Waals surface area contributed by atoms with Crippen LogP contribution in [0.1, 0.15) is 11.5 Å². The van der Waals surface area contributed by atoms with E-state index in [4.69, 9.17) is 9.52 Å². The Labute approximate surface area is 140 Å². The molecule has 8 heteroatoms. The lowest BCUT2D eigenvalue weighted by molar-refractivity contribution is -0.402. The molecule has 2 aromatic heterocycles. The van der Waals surface area contributed by atoms with Crippen LogP contribution in [0.5, 0.6) is 0 Å². The molecule has 3 rings (SSSR count). The summed E-state index contributed by atoms with van der Waals surface area (Å²) >= 11 is 0. The number of ketones is 1. The molecule has 0 saturated carbocycles. The smallest absolute Gasteiger partial charge is 0.433 e. The fraction of sp³-hybridized carbons (Fsp3) is 0. The van der Waals surface area contributed by atoms with Crippen molar-refractivity contribution >= 4 is 40.2 Å². The van der Waals surface area contributed by atoms with Gasteiger partial charge in [0.25, 0.3) is 5.78 Å². The van der Waals surface area contributed by atoms with Gasteiger partial charge in [-0.15, -0.1) is 0 Å². The SMILES string of the molecule is O=C(O)C(=O)/C(=C\c1ccc([N+](=O)[O-])o1)c1ccc2ccccc2n1. The number of pyridine rings is 1. The number of nitro groups is 1. The Kier molecular flexibility index (Phi) is 4.09. The number of fused-ring (bicyclic) bond motifs is 1. The summed E-state index contributed by atoms with van der Waals surface area (Å²) in [4.78, 5) is 37.4. The number of carbonyl (C=O) groups is 2. The van der Waals surface area contributed by atoms with Crippen molar-refractivity contribution in [3.05, 3.63) is 70.1 Å². The monoisotopic (exact) mass is 338 g/mol. The highest BCUT2D eigenvalue weighted by Crippen LogP contribution is 2.24. The molecule has 0 amide bonds. The molecule has 0 spiro atoms. The summed E-state index contributed by atoms with van der Waals surface area (Å²) in [7, 11) is 0. The molecule has 3 aromatic rings. The van der Waals surface area contributed by atoms with Crippen molar-refractivity contribution in [2.24, 2.45) is 0 Å². The van der Waals surface area contributed by atoms with Gasteiger partial charge in [0.1, 0.15) is 10.7 Å². The number of carboxylic acids is 1. The lowest BCUT2D eigenvalue weighted by atomic mass is 10.0. The minimum absolute atomic E-state index is 0.0220. The molecule has 0 unspecified atom stereocenters. The molecule has 0 radical (unpaired) electrons. The quantitative estimate of drug-likeness (QED) is 0.328. The summed E-state index contributed by atoms with van der Waals surface area (Å²) in [6.45, 7) is 0. The zero-order chi connectivity index (χ0) is 18.0. The zero-order valence-corrected chi connectivity index (χ0v) is 12.6. The van der Waals surface area contributed by atoms with E-state index in [0.717, 1.165) is 17.5 Å². The van der Waals surface area contributed by atoms with E-state index in [0.29, 0.717) is 5.52 Å². The van der Waals surface area contributed by atoms with Crippen LogP contribution in [0.25, 0.3) is 22.6 Å². The maximum Gasteiger partial charge on any atom is 0.433 e. The van der Waals surface area contributed by atoms with Crippen LogP contribution in [0.4, 0.5) is 5.88 Å². The van der Waals surface area contributed by atoms with E-state index >= 15 is 0 Å². The molecule has 0 fully saturated rings. The first-order chi connectivity index (χ1) is 12.0. The van der Waals surface area contributed by atoms with Gasteiger partial charge in [-0.25, -0.2) is 9.78 Å². The molecule has 0 aliphatic rings. The molecule has 0 aliphatic heterocycles. The number of hydrogen-bond acceptors (Lipinski definition) is 6. The van der Waals surface area contributed by atoms with Crippen molar-refractivity contribution in [2.45, 2.75) is 0 Å². The minimum Gasteiger partial charge on any atom is -0.475 e. The van der Waals surface area contributed by atoms with Crippen LogP contribution in [-0.2, 0) is 9.59 Å². The second kappa shape index (κ2) is 6.36. The first-order valence-corrected chi connectivity index (χ1v) is 7.05. The normalized spacial score (nSPS) is 11.4. The zero-order valence-electron chi connectivity index (χ0n) is 12.6. The van der Waals surface area contributed by atoms with Crippen LogP contribution >= 0.6 is 0 Å². The molecule has 1 aromatic carbocycles. The van der Waals surface area contributed by atoms with Crippen molar-refractivity contribution in [3.8, 4) is 0 Å². The van der Waals surface area contributed by atoms with Crippen molar-refractivity contribution < 1.29 is 24.0 Å². The molecular formula is C17H10N2O6. The van der Waals surface area contributed by atoms with E-state index in [9.17, 15) is 19.7 Å². The third-order valence-corrected chi connectivity index (χ3v) is 3.39. The van der Waals surface area contributed by atoms with Gasteiger partial charge >= 0.3 is 11.9 Å². The Balaban J connectivity index is 2.12. The van der Waals surface area contributed by atoms with Crippen molar-refractivity contribution in [1.82, 2.24) is 4.98 Å². The first-order valence-electron chi connectivity index (χ1n) is 7.05. The lowest BCUT2D eigenvalue weighted by Gasteiger charge is -2.05. The average Bonchev–Trinajstić information content (AvgIpc) is 3.07. The van der Waals surface area contributed by atoms with E-state index in [-0.39, 0.29) is 17.0 Å². The number of para-hydroxylation sites is 1. The van der Waals surface area contributed by atoms with Crippen LogP contribution < -0.4 is 0 Å². The fourth-order valence-electron chi connectivity index (χ4n) is 2.25. The molecule has 0 aliphatic carbocycles. The van der Waals surface area contributed by atoms with Gasteiger partial charge in [0.05, 0.1) is 22.9 Å². The van der Waals surface area contributed by atoms with Crippen LogP contribution in [0.2, 0.25) is 0 Å². The van der Waals surface area contributed by atoms with E-state index < -0.39 is 22.6 Å². The molecule has 0 bridgehead atoms. The predicted molar refractivity (Wildman–Crippen MR) is 87.6 cm³/mol. The standard InChI is InChI=1S/C17H10N2O6/c20-16(17(21)22)12(9-11-6-8-15(25-11)19(23)24)14-7-5-10-3-1-2-4-13(10)18-14/h1-9H,(H,21,22)/b12-9-. The van der Waals surface area contributed by atoms with Gasteiger partial charge in [-0.05, 0) is 24.3 Å². The van der Waals surface area contributed by atoms with Gasteiger partial charge < -0.3 is 9.52 Å². The Bertz CT molecular complexity index is 1030. The minimum atomic E-state index is -1.66. The number of carboxylic acid groups (broad SMARTS) is 1. The summed E-state index contributed by atoms with van der Waals surface area (Å²) < 4.78 is 4.97. The van der Waals surface area contributed by atoms with Crippen LogP contribution in [0.3, 0.4) is 0 Å². The second-order valence-corrected chi connectivity index (χ2v) is 5.01. The molecule has 8 nitrogen and oxygen atoms in total. The molecule has 1 N–H and O–H groups in total. The summed E-state index contributed by atoms with van der Waals surface area (Å²) in [5.41, 5.74) is 0.474. The average molecular weight is 338 g/mol. The maximum absolute atomic E-state index is 12.0. The number of carbonyl (C=O) groups excluding carboxylic acids is 1. The largest absolute Gasteiger partial charge is 0.475 e. The Morgan fingerprint density at radius 3 is 2.56 bits per heavy atom. The van der Waals surface area contributed by atoms with Gasteiger partial charge in [-0.1, -0.05) is 24.3 Å². The highest BCUT2D eigenvalue weighted by atomic mass is 16.6. The Morgan fingerprint density at radius 1 is 1.12 bits per heavy atom. The molecule has 25 heavy (non-hydrogen) atoms. The number of Topliss-reactive ketones (excluding diaryl/α,β-unsaturated/α-hetero) is 1. The number of furan rings is 1. The topological polar surface area (TPSA) is 124 Å². The number of hydrogen-bond donors (Lipinski definition) is 1. The van der Waals surface area contributed by atoms with E-state index in [1.165, 1.54) is 12.1 Å². The predicted octanol–water partition coefficient (Wildman–Crippen LogP) is 2.93. The Hall–Kier alpha value is -3.81. The third-order valence-electron chi connectivity index (χ3n) is 3.39. The van der Waals surface area contributed by atoms with Crippen molar-refractivity contribution in [1.29, 1.82) is 0 Å². The number of aliphatic carboxylic acids is 1. The fourth-order valence-corrected chi connectivity index (χ4v) is 2.25. The summed E-state index contributed by atoms with van der Waals surface area (Å²) in [5, 5.41) is 20.5. The van der Waals surface area contributed by atoms with Crippen LogP contribution in [0, 0.1) is 10.1 Å². The van der Waals surface area contributed by atoms with E-state index in [1.807, 2.05) is 12.1 Å². The lowest BCUT2D eigenvalue weighted by Crippen LogP contribution is -2.15. The highest BCUT2D eigenvalue weighted by Gasteiger charge is 2.22. The van der Waals surface area contributed by atoms with E-state index in [2.05, 4.69) is 4.98 Å². The summed E-state index contributed by atoms with van der Waals surface area (Å²) in [6.07, 6.45) is 1.13. The van der Waals surface area contributed by atoms with Gasteiger partial charge in [0.15, 0.2) is 0 Å². The summed E-state index contributed by atoms with van der Waals surface area (Å²) in [6, 6.07) is 12.7. The molecule has 0 saturated heterocycles. The molecular weight excluding hydrogens is 328 g/mol. The first kappa shape index (κ1) is 16.1. The van der Waals surface area contributed by atoms with Crippen LogP contribution in [0.15, 0.2) is 52.9 Å². The number of benzene rings is 1. The van der Waals surface area contributed by atoms with Gasteiger partial charge in [0.2, 0.25) is 0 Å². The van der Waals surface area contributed by atoms with Crippen molar-refractivity contribution in [2.75, 3.05) is 0 Å². The van der Waals surface area contributed by atoms with E-state index in [1.54, 1.807) is 18.2 Å². The van der Waals surface area contributed by atoms with Gasteiger partial charge in [-0.3, -0.25) is 14.9 Å². The summed E-state index contributed by atoms with van der Waals surface area (Å²) in [5.74, 6) is -3.39. The van der Waals surface area contributed by atoms with Gasteiger partial charge in [-0.2, -0.15) is 0 Å². The number of aromatic nitrogens is 1. The van der Waals surface area contributed by atoms with Crippen LogP contribution in [-0.4, -0.2) is 26.8 Å². The highest BCUT2D eigenvalue weighted by molar-refractivity contribution is 6.52. The maximum atomic E-state index is 12.0. The molecule has 124 valence electrons. The Morgan fingerprint density at radius 2 is 1.88 bits per heavy atom. The third kappa shape index (κ3) is 3.27. The number of nitrogens with zero attached hydrogens (tertiary/aromatic N) is 2. The second-order valence-electron chi connectivity index (χ2n) is 5.01. The van der Waals surface area contributed by atoms with Crippen molar-refractivity contribution in [3.63, 3.8) is 0 Å². The number of rotatable bonds is 5. The molecule has 0 atom stereocenters.